The van der Waals surface area contributed by atoms with Gasteiger partial charge in [-0.1, -0.05) is 92.8 Å². The zero-order chi connectivity index (χ0) is 18.3. The van der Waals surface area contributed by atoms with E-state index in [0.717, 1.165) is 0 Å². The van der Waals surface area contributed by atoms with E-state index in [1.54, 1.807) is 0 Å². The molecule has 0 bridgehead atoms. The molecule has 0 saturated heterocycles. The molecule has 12 heteroatoms. The van der Waals surface area contributed by atoms with Gasteiger partial charge >= 0.3 is 0 Å². The fourth-order valence-electron chi connectivity index (χ4n) is 1.40. The van der Waals surface area contributed by atoms with Gasteiger partial charge < -0.3 is 0 Å². The van der Waals surface area contributed by atoms with E-state index in [2.05, 4.69) is 31.9 Å². The van der Waals surface area contributed by atoms with Gasteiger partial charge in [0, 0.05) is 0 Å². The van der Waals surface area contributed by atoms with E-state index < -0.39 is 0 Å². The van der Waals surface area contributed by atoms with Crippen LogP contribution in [0.15, 0.2) is 18.7 Å². The van der Waals surface area contributed by atoms with Crippen LogP contribution in [0.4, 0.5) is 0 Å². The van der Waals surface area contributed by atoms with Crippen LogP contribution in [-0.4, -0.2) is 0 Å². The molecule has 0 nitrogen and oxygen atoms in total. The van der Waals surface area contributed by atoms with Crippen molar-refractivity contribution in [2.45, 2.75) is 9.79 Å². The van der Waals surface area contributed by atoms with Crippen LogP contribution < -0.4 is 0 Å². The van der Waals surface area contributed by atoms with Crippen molar-refractivity contribution in [3.05, 3.63) is 49.1 Å². The van der Waals surface area contributed by atoms with Crippen molar-refractivity contribution >= 4 is 146 Å². The van der Waals surface area contributed by atoms with Gasteiger partial charge in [-0.05, 0) is 53.4 Å². The van der Waals surface area contributed by atoms with Crippen LogP contribution in [-0.2, 0) is 0 Å². The van der Waals surface area contributed by atoms with Crippen LogP contribution in [0.25, 0.3) is 0 Å². The fraction of sp³-hybridized carbons (Fsp3) is 0. The van der Waals surface area contributed by atoms with E-state index >= 15 is 0 Å². The summed E-state index contributed by atoms with van der Waals surface area (Å²) in [6.07, 6.45) is 0. The summed E-state index contributed by atoms with van der Waals surface area (Å²) in [7, 11) is 2.41. The molecule has 0 unspecified atom stereocenters. The Morgan fingerprint density at radius 2 is 0.708 bits per heavy atom. The van der Waals surface area contributed by atoms with Crippen LogP contribution in [0.5, 0.6) is 0 Å². The molecule has 0 N–H and O–H groups in total. The van der Waals surface area contributed by atoms with Crippen LogP contribution in [0.3, 0.4) is 0 Å². The Balaban J connectivity index is 2.48. The first-order chi connectivity index (χ1) is 11.1. The lowest BCUT2D eigenvalue weighted by atomic mass is 10.3. The first-order valence-corrected chi connectivity index (χ1v) is 12.2. The second-order valence-electron chi connectivity index (χ2n) is 3.96. The lowest BCUT2D eigenvalue weighted by Gasteiger charge is -2.14. The lowest BCUT2D eigenvalue weighted by Crippen LogP contribution is -1.85. The Bertz CT molecular complexity index is 715. The summed E-state index contributed by atoms with van der Waals surface area (Å²) in [5.41, 5.74) is 0. The van der Waals surface area contributed by atoms with Gasteiger partial charge in [0.05, 0.1) is 58.9 Å². The largest absolute Gasteiger partial charge is 0.0818 e. The van der Waals surface area contributed by atoms with E-state index in [4.69, 9.17) is 92.8 Å². The fourth-order valence-corrected chi connectivity index (χ4v) is 8.06. The predicted molar refractivity (Wildman–Crippen MR) is 120 cm³/mol. The quantitative estimate of drug-likeness (QED) is 0.184. The second kappa shape index (κ2) is 9.28. The Hall–Kier alpha value is 2.42. The van der Waals surface area contributed by atoms with E-state index in [1.165, 1.54) is 21.6 Å². The van der Waals surface area contributed by atoms with Gasteiger partial charge in [-0.3, -0.25) is 0 Å². The minimum Gasteiger partial charge on any atom is -0.0818 e. The normalized spacial score (nSPS) is 11.2. The first kappa shape index (κ1) is 22.7. The topological polar surface area (TPSA) is 0 Å². The molecule has 0 atom stereocenters. The maximum atomic E-state index is 6.30. The molecule has 0 aliphatic heterocycles. The lowest BCUT2D eigenvalue weighted by molar-refractivity contribution is 1.41. The molecule has 2 aromatic rings. The van der Waals surface area contributed by atoms with Crippen LogP contribution in [0, 0.1) is 0 Å². The Labute approximate surface area is 202 Å². The van der Waals surface area contributed by atoms with Gasteiger partial charge in [-0.25, -0.2) is 0 Å². The Morgan fingerprint density at radius 1 is 0.417 bits per heavy atom. The molecule has 0 fully saturated rings. The van der Waals surface area contributed by atoms with Gasteiger partial charge in [0.25, 0.3) is 0 Å². The molecule has 0 aliphatic carbocycles. The number of hydrogen-bond acceptors (Lipinski definition) is 2. The van der Waals surface area contributed by atoms with Crippen molar-refractivity contribution in [1.82, 2.24) is 0 Å². The summed E-state index contributed by atoms with van der Waals surface area (Å²) >= 11 is 55.9. The second-order valence-corrected chi connectivity index (χ2v) is 10.7. The van der Waals surface area contributed by atoms with E-state index in [1.807, 2.05) is 0 Å². The highest BCUT2D eigenvalue weighted by atomic mass is 79.9. The standard InChI is InChI=1S/C12Br2Cl8S2/c13-1-3(15)2(14)5(17)11(4(1)16)23-24-12-9(21)7(19)6(18)8(20)10(12)22. The molecule has 0 aromatic heterocycles. The van der Waals surface area contributed by atoms with Crippen molar-refractivity contribution in [2.75, 3.05) is 0 Å². The predicted octanol–water partition coefficient (Wildman–Crippen LogP) is 11.2. The van der Waals surface area contributed by atoms with Gasteiger partial charge in [-0.2, -0.15) is 0 Å². The Morgan fingerprint density at radius 3 is 1.08 bits per heavy atom. The molecule has 24 heavy (non-hydrogen) atoms. The molecule has 0 heterocycles. The van der Waals surface area contributed by atoms with Crippen molar-refractivity contribution in [3.63, 3.8) is 0 Å². The molecule has 0 saturated carbocycles. The summed E-state index contributed by atoms with van der Waals surface area (Å²) in [6.45, 7) is 0. The highest BCUT2D eigenvalue weighted by Crippen LogP contribution is 2.56. The van der Waals surface area contributed by atoms with E-state index in [0.29, 0.717) is 33.8 Å². The van der Waals surface area contributed by atoms with Gasteiger partial charge in [-0.15, -0.1) is 0 Å². The zero-order valence-corrected chi connectivity index (χ0v) is 21.4. The molecule has 130 valence electrons. The third-order valence-electron chi connectivity index (χ3n) is 2.55. The van der Waals surface area contributed by atoms with Gasteiger partial charge in [0.1, 0.15) is 0 Å². The number of benzene rings is 2. The molecular formula is C12Br2Cl8S2. The molecule has 0 aliphatic rings. The zero-order valence-electron chi connectivity index (χ0n) is 10.6. The SMILES string of the molecule is Clc1c(Cl)c(Cl)c(SSc2c(Cl)c(Br)c(Cl)c(Br)c2Cl)c(Cl)c1Cl. The highest BCUT2D eigenvalue weighted by Gasteiger charge is 2.23. The molecule has 0 spiro atoms. The van der Waals surface area contributed by atoms with Crippen LogP contribution >= 0.6 is 146 Å². The minimum atomic E-state index is 0.0933. The summed E-state index contributed by atoms with van der Waals surface area (Å²) in [6, 6.07) is 0. The third-order valence-corrected chi connectivity index (χ3v) is 11.4. The smallest absolute Gasteiger partial charge is 0.0809 e. The van der Waals surface area contributed by atoms with Crippen LogP contribution in [0.2, 0.25) is 40.2 Å². The summed E-state index contributed by atoms with van der Waals surface area (Å²) < 4.78 is 1.02. The highest BCUT2D eigenvalue weighted by molar-refractivity contribution is 9.11. The molecule has 0 radical (unpaired) electrons. The van der Waals surface area contributed by atoms with Crippen molar-refractivity contribution in [2.24, 2.45) is 0 Å². The molecular weight excluding hydrogens is 652 g/mol. The third kappa shape index (κ3) is 4.36. The summed E-state index contributed by atoms with van der Waals surface area (Å²) in [4.78, 5) is 0.998. The first-order valence-electron chi connectivity index (χ1n) is 5.46. The van der Waals surface area contributed by atoms with Gasteiger partial charge in [0.15, 0.2) is 0 Å². The number of halogens is 10. The molecule has 0 amide bonds. The number of rotatable bonds is 3. The summed E-state index contributed by atoms with van der Waals surface area (Å²) in [5.74, 6) is 0. The maximum Gasteiger partial charge on any atom is 0.0809 e. The molecule has 2 rings (SSSR count). The van der Waals surface area contributed by atoms with Crippen molar-refractivity contribution in [3.8, 4) is 0 Å². The average molecular weight is 652 g/mol. The molecule has 2 aromatic carbocycles. The van der Waals surface area contributed by atoms with Gasteiger partial charge in [0.2, 0.25) is 0 Å². The van der Waals surface area contributed by atoms with Crippen molar-refractivity contribution in [1.29, 1.82) is 0 Å². The Kier molecular flexibility index (Phi) is 8.78. The van der Waals surface area contributed by atoms with Crippen LogP contribution in [0.1, 0.15) is 0 Å². The average Bonchev–Trinajstić information content (AvgIpc) is 2.57. The van der Waals surface area contributed by atoms with E-state index in [-0.39, 0.29) is 25.1 Å². The monoisotopic (exact) mass is 646 g/mol. The van der Waals surface area contributed by atoms with E-state index in [9.17, 15) is 0 Å². The van der Waals surface area contributed by atoms with Crippen molar-refractivity contribution < 1.29 is 0 Å². The number of hydrogen-bond donors (Lipinski definition) is 0. The minimum absolute atomic E-state index is 0.0933. The maximum absolute atomic E-state index is 6.30. The summed E-state index contributed by atoms with van der Waals surface area (Å²) in [5, 5.41) is 1.77.